The van der Waals surface area contributed by atoms with Crippen LogP contribution in [-0.2, 0) is 54.1 Å². The van der Waals surface area contributed by atoms with Gasteiger partial charge < -0.3 is 33.7 Å². The molecule has 0 aliphatic heterocycles. The molecule has 0 aromatic heterocycles. The van der Waals surface area contributed by atoms with Crippen molar-refractivity contribution in [3.8, 4) is 11.5 Å². The smallest absolute Gasteiger partial charge is 0.347 e. The van der Waals surface area contributed by atoms with E-state index >= 15 is 0 Å². The van der Waals surface area contributed by atoms with Crippen LogP contribution in [0.4, 0.5) is 5.69 Å². The third kappa shape index (κ3) is 13.4. The minimum Gasteiger partial charge on any atom is -0.479 e. The Morgan fingerprint density at radius 3 is 1.57 bits per heavy atom. The largest absolute Gasteiger partial charge is 0.479 e. The van der Waals surface area contributed by atoms with Gasteiger partial charge in [0.15, 0.2) is 24.6 Å². The Hall–Kier alpha value is -4.94. The highest BCUT2D eigenvalue weighted by Gasteiger charge is 2.19. The minimum atomic E-state index is -0.966. The Bertz CT molecular complexity index is 1170. The highest BCUT2D eigenvalue weighted by molar-refractivity contribution is 5.92. The summed E-state index contributed by atoms with van der Waals surface area (Å²) in [6.45, 7) is 5.18. The predicted octanol–water partition coefficient (Wildman–Crippen LogP) is 2.96. The molecule has 238 valence electrons. The van der Waals surface area contributed by atoms with Crippen molar-refractivity contribution >= 4 is 41.3 Å². The first-order chi connectivity index (χ1) is 21.0. The Morgan fingerprint density at radius 1 is 0.636 bits per heavy atom. The van der Waals surface area contributed by atoms with E-state index in [0.29, 0.717) is 22.7 Å². The number of benzene rings is 2. The number of hydrogen-bond acceptors (Lipinski definition) is 12. The number of anilines is 1. The van der Waals surface area contributed by atoms with Crippen LogP contribution in [0.1, 0.15) is 46.1 Å². The van der Waals surface area contributed by atoms with E-state index in [0.717, 1.165) is 0 Å². The van der Waals surface area contributed by atoms with Crippen molar-refractivity contribution < 1.29 is 57.2 Å². The zero-order valence-electron chi connectivity index (χ0n) is 25.1. The van der Waals surface area contributed by atoms with Crippen LogP contribution in [0.25, 0.3) is 0 Å². The van der Waals surface area contributed by atoms with Gasteiger partial charge in [-0.15, -0.1) is 0 Å². The van der Waals surface area contributed by atoms with Gasteiger partial charge in [-0.25, -0.2) is 9.59 Å². The first kappa shape index (κ1) is 35.3. The maximum absolute atomic E-state index is 12.3. The highest BCUT2D eigenvalue weighted by atomic mass is 16.6. The molecule has 0 spiro atoms. The van der Waals surface area contributed by atoms with Crippen LogP contribution >= 0.6 is 0 Å². The number of ketones is 1. The van der Waals surface area contributed by atoms with E-state index in [2.05, 4.69) is 5.32 Å². The first-order valence-corrected chi connectivity index (χ1v) is 14.0. The minimum absolute atomic E-state index is 0.0868. The Balaban J connectivity index is 1.66. The first-order valence-electron chi connectivity index (χ1n) is 14.0. The topological polar surface area (TPSA) is 170 Å². The second-order valence-corrected chi connectivity index (χ2v) is 9.32. The standard InChI is InChI=1S/C31H37NO12/c1-5-28(35)41-18-24(33)17-22-7-11-25(12-8-22)43-20(3)30(37)39-15-16-40-31(38)21(4)44-26-13-9-23(10-14-26)32-27(34)19-42-29(36)6-2/h7-14,20-21H,5-6,15-19H2,1-4H3,(H,32,34). The summed E-state index contributed by atoms with van der Waals surface area (Å²) in [7, 11) is 0. The van der Waals surface area contributed by atoms with Gasteiger partial charge in [-0.2, -0.15) is 0 Å². The second-order valence-electron chi connectivity index (χ2n) is 9.32. The molecular formula is C31H37NO12. The molecule has 13 nitrogen and oxygen atoms in total. The van der Waals surface area contributed by atoms with Crippen LogP contribution in [0.5, 0.6) is 11.5 Å². The molecule has 44 heavy (non-hydrogen) atoms. The average Bonchev–Trinajstić information content (AvgIpc) is 3.02. The van der Waals surface area contributed by atoms with Gasteiger partial charge in [0.25, 0.3) is 5.91 Å². The van der Waals surface area contributed by atoms with Crippen molar-refractivity contribution in [2.45, 2.75) is 59.2 Å². The molecule has 0 bridgehead atoms. The molecule has 2 aromatic carbocycles. The number of esters is 4. The van der Waals surface area contributed by atoms with Gasteiger partial charge in [0.05, 0.1) is 0 Å². The molecule has 2 unspecified atom stereocenters. The van der Waals surface area contributed by atoms with E-state index in [1.807, 2.05) is 0 Å². The summed E-state index contributed by atoms with van der Waals surface area (Å²) in [5.41, 5.74) is 1.14. The SMILES string of the molecule is CCC(=O)OCC(=O)Cc1ccc(OC(C)C(=O)OCCOC(=O)C(C)Oc2ccc(NC(=O)COC(=O)CC)cc2)cc1. The van der Waals surface area contributed by atoms with E-state index in [1.54, 1.807) is 62.4 Å². The van der Waals surface area contributed by atoms with Crippen LogP contribution in [0.2, 0.25) is 0 Å². The maximum atomic E-state index is 12.3. The Labute approximate surface area is 255 Å². The molecule has 1 amide bonds. The molecule has 2 aromatic rings. The van der Waals surface area contributed by atoms with Crippen molar-refractivity contribution in [3.05, 3.63) is 54.1 Å². The Kier molecular flexibility index (Phi) is 14.9. The number of carbonyl (C=O) groups is 6. The Morgan fingerprint density at radius 2 is 1.09 bits per heavy atom. The molecule has 0 aliphatic rings. The summed E-state index contributed by atoms with van der Waals surface area (Å²) in [5, 5.41) is 2.57. The van der Waals surface area contributed by atoms with Crippen LogP contribution in [0.15, 0.2) is 48.5 Å². The number of rotatable bonds is 18. The molecule has 0 aliphatic carbocycles. The zero-order chi connectivity index (χ0) is 32.5. The number of Topliss-reactive ketones (excluding diaryl/α,β-unsaturated/α-hetero) is 1. The molecule has 2 rings (SSSR count). The van der Waals surface area contributed by atoms with E-state index < -0.39 is 48.6 Å². The van der Waals surface area contributed by atoms with Gasteiger partial charge in [-0.3, -0.25) is 19.2 Å². The fraction of sp³-hybridized carbons (Fsp3) is 0.419. The van der Waals surface area contributed by atoms with Crippen LogP contribution in [-0.4, -0.2) is 74.2 Å². The quantitative estimate of drug-likeness (QED) is 0.148. The van der Waals surface area contributed by atoms with Crippen molar-refractivity contribution in [2.24, 2.45) is 0 Å². The number of nitrogens with one attached hydrogen (secondary N) is 1. The molecule has 13 heteroatoms. The van der Waals surface area contributed by atoms with Gasteiger partial charge in [0.2, 0.25) is 0 Å². The van der Waals surface area contributed by atoms with Crippen molar-refractivity contribution in [1.82, 2.24) is 0 Å². The fourth-order valence-corrected chi connectivity index (χ4v) is 3.31. The summed E-state index contributed by atoms with van der Waals surface area (Å²) in [6.07, 6.45) is -1.46. The van der Waals surface area contributed by atoms with E-state index in [-0.39, 0.29) is 44.9 Å². The van der Waals surface area contributed by atoms with Gasteiger partial charge in [0, 0.05) is 24.9 Å². The average molecular weight is 616 g/mol. The molecule has 0 saturated heterocycles. The van der Waals surface area contributed by atoms with Gasteiger partial charge in [-0.05, 0) is 55.8 Å². The molecule has 0 saturated carbocycles. The van der Waals surface area contributed by atoms with E-state index in [1.165, 1.54) is 13.8 Å². The lowest BCUT2D eigenvalue weighted by Crippen LogP contribution is -2.30. The van der Waals surface area contributed by atoms with Gasteiger partial charge >= 0.3 is 23.9 Å². The lowest BCUT2D eigenvalue weighted by Gasteiger charge is -2.16. The van der Waals surface area contributed by atoms with Crippen LogP contribution in [0.3, 0.4) is 0 Å². The summed E-state index contributed by atoms with van der Waals surface area (Å²) >= 11 is 0. The van der Waals surface area contributed by atoms with Crippen molar-refractivity contribution in [3.63, 3.8) is 0 Å². The number of amides is 1. The van der Waals surface area contributed by atoms with Crippen LogP contribution in [0, 0.1) is 0 Å². The van der Waals surface area contributed by atoms with E-state index in [4.69, 9.17) is 28.4 Å². The summed E-state index contributed by atoms with van der Waals surface area (Å²) in [6, 6.07) is 12.7. The zero-order valence-corrected chi connectivity index (χ0v) is 25.1. The number of hydrogen-bond donors (Lipinski definition) is 1. The maximum Gasteiger partial charge on any atom is 0.347 e. The van der Waals surface area contributed by atoms with Crippen molar-refractivity contribution in [1.29, 1.82) is 0 Å². The summed E-state index contributed by atoms with van der Waals surface area (Å²) in [5.74, 6) is -2.28. The lowest BCUT2D eigenvalue weighted by atomic mass is 10.1. The fourth-order valence-electron chi connectivity index (χ4n) is 3.31. The predicted molar refractivity (Wildman–Crippen MR) is 155 cm³/mol. The number of ether oxygens (including phenoxy) is 6. The van der Waals surface area contributed by atoms with Crippen LogP contribution < -0.4 is 14.8 Å². The van der Waals surface area contributed by atoms with Gasteiger partial charge in [0.1, 0.15) is 31.3 Å². The molecule has 0 radical (unpaired) electrons. The molecule has 1 N–H and O–H groups in total. The second kappa shape index (κ2) is 18.6. The van der Waals surface area contributed by atoms with Gasteiger partial charge in [-0.1, -0.05) is 26.0 Å². The van der Waals surface area contributed by atoms with Crippen molar-refractivity contribution in [2.75, 3.05) is 31.7 Å². The number of carbonyl (C=O) groups excluding carboxylic acids is 6. The third-order valence-corrected chi connectivity index (χ3v) is 5.66. The molecule has 0 heterocycles. The monoisotopic (exact) mass is 615 g/mol. The van der Waals surface area contributed by atoms with E-state index in [9.17, 15) is 28.8 Å². The lowest BCUT2D eigenvalue weighted by molar-refractivity contribution is -0.159. The summed E-state index contributed by atoms with van der Waals surface area (Å²) in [4.78, 5) is 70.5. The third-order valence-electron chi connectivity index (χ3n) is 5.66. The summed E-state index contributed by atoms with van der Waals surface area (Å²) < 4.78 is 30.9. The highest BCUT2D eigenvalue weighted by Crippen LogP contribution is 2.18. The normalized spacial score (nSPS) is 11.7. The molecular weight excluding hydrogens is 578 g/mol. The molecule has 0 fully saturated rings. The molecule has 2 atom stereocenters.